The van der Waals surface area contributed by atoms with E-state index in [1.54, 1.807) is 25.1 Å². The van der Waals surface area contributed by atoms with Crippen molar-refractivity contribution in [1.82, 2.24) is 4.31 Å². The van der Waals surface area contributed by atoms with E-state index in [1.807, 2.05) is 0 Å². The lowest BCUT2D eigenvalue weighted by atomic mass is 10.1. The van der Waals surface area contributed by atoms with Gasteiger partial charge in [0.05, 0.1) is 21.0 Å². The van der Waals surface area contributed by atoms with Crippen molar-refractivity contribution in [3.63, 3.8) is 0 Å². The summed E-state index contributed by atoms with van der Waals surface area (Å²) in [6.45, 7) is 1.70. The number of carbonyl (C=O) groups excluding carboxylic acids is 1. The molecule has 1 amide bonds. The van der Waals surface area contributed by atoms with Gasteiger partial charge in [-0.2, -0.15) is 0 Å². The summed E-state index contributed by atoms with van der Waals surface area (Å²) >= 11 is 0. The summed E-state index contributed by atoms with van der Waals surface area (Å²) in [6.07, 6.45) is 0. The second-order valence-electron chi connectivity index (χ2n) is 7.32. The zero-order valence-electron chi connectivity index (χ0n) is 18.0. The number of nitrogens with zero attached hydrogens (tertiary/aromatic N) is 1. The molecule has 0 saturated heterocycles. The number of benzene rings is 3. The average molecular weight is 492 g/mol. The Morgan fingerprint density at radius 3 is 2.09 bits per heavy atom. The molecule has 174 valence electrons. The van der Waals surface area contributed by atoms with Gasteiger partial charge in [0.2, 0.25) is 10.0 Å². The van der Waals surface area contributed by atoms with E-state index in [-0.39, 0.29) is 26.7 Å². The van der Waals surface area contributed by atoms with Crippen LogP contribution < -0.4 is 10.0 Å². The largest absolute Gasteiger partial charge is 0.322 e. The normalized spacial score (nSPS) is 11.9. The zero-order chi connectivity index (χ0) is 24.4. The number of hydrogen-bond acceptors (Lipinski definition) is 5. The Morgan fingerprint density at radius 1 is 0.848 bits per heavy atom. The topological polar surface area (TPSA) is 113 Å². The summed E-state index contributed by atoms with van der Waals surface area (Å²) in [6, 6.07) is 14.5. The summed E-state index contributed by atoms with van der Waals surface area (Å²) in [7, 11) is -5.00. The molecule has 0 aliphatic heterocycles. The maximum Gasteiger partial charge on any atom is 0.261 e. The Labute approximate surface area is 192 Å². The number of anilines is 2. The summed E-state index contributed by atoms with van der Waals surface area (Å²) < 4.78 is 66.8. The Bertz CT molecular complexity index is 1400. The van der Waals surface area contributed by atoms with E-state index in [2.05, 4.69) is 10.0 Å². The first-order chi connectivity index (χ1) is 15.4. The summed E-state index contributed by atoms with van der Waals surface area (Å²) in [5, 5.41) is 2.65. The lowest BCUT2D eigenvalue weighted by Crippen LogP contribution is -2.23. The minimum absolute atomic E-state index is 0.00121. The highest BCUT2D eigenvalue weighted by molar-refractivity contribution is 7.92. The number of amides is 1. The van der Waals surface area contributed by atoms with Gasteiger partial charge in [-0.25, -0.2) is 25.5 Å². The smallest absolute Gasteiger partial charge is 0.261 e. The van der Waals surface area contributed by atoms with Gasteiger partial charge in [0.25, 0.3) is 15.9 Å². The molecule has 8 nitrogen and oxygen atoms in total. The molecular formula is C22H22FN3O5S2. The quantitative estimate of drug-likeness (QED) is 0.526. The molecule has 0 bridgehead atoms. The second kappa shape index (κ2) is 9.30. The summed E-state index contributed by atoms with van der Waals surface area (Å²) in [5.41, 5.74) is 0.905. The number of para-hydroxylation sites is 1. The molecule has 0 saturated carbocycles. The van der Waals surface area contributed by atoms with Crippen molar-refractivity contribution >= 4 is 37.3 Å². The molecule has 0 atom stereocenters. The van der Waals surface area contributed by atoms with E-state index in [1.165, 1.54) is 38.4 Å². The van der Waals surface area contributed by atoms with Gasteiger partial charge in [0.1, 0.15) is 5.82 Å². The molecule has 3 aromatic carbocycles. The van der Waals surface area contributed by atoms with Crippen LogP contribution in [0.4, 0.5) is 15.8 Å². The van der Waals surface area contributed by atoms with Gasteiger partial charge in [0.15, 0.2) is 0 Å². The molecule has 3 rings (SSSR count). The molecule has 0 radical (unpaired) electrons. The molecule has 0 heterocycles. The van der Waals surface area contributed by atoms with E-state index in [0.29, 0.717) is 5.56 Å². The highest BCUT2D eigenvalue weighted by Gasteiger charge is 2.21. The van der Waals surface area contributed by atoms with E-state index in [4.69, 9.17) is 0 Å². The standard InChI is InChI=1S/C22H22FN3O5S2/c1-15-8-11-18(33(30,31)26(2)3)14-21(15)24-22(27)19-6-4-5-7-20(19)25-32(28,29)17-12-9-16(23)10-13-17/h4-14,25H,1-3H3,(H,24,27). The minimum Gasteiger partial charge on any atom is -0.322 e. The van der Waals surface area contributed by atoms with Crippen LogP contribution in [0.25, 0.3) is 0 Å². The maximum absolute atomic E-state index is 13.1. The fourth-order valence-electron chi connectivity index (χ4n) is 2.88. The monoisotopic (exact) mass is 491 g/mol. The van der Waals surface area contributed by atoms with Crippen LogP contribution in [0.3, 0.4) is 0 Å². The predicted molar refractivity (Wildman–Crippen MR) is 124 cm³/mol. The molecule has 0 aliphatic carbocycles. The SMILES string of the molecule is Cc1ccc(S(=O)(=O)N(C)C)cc1NC(=O)c1ccccc1NS(=O)(=O)c1ccc(F)cc1. The minimum atomic E-state index is -4.08. The van der Waals surface area contributed by atoms with Crippen LogP contribution in [-0.4, -0.2) is 41.1 Å². The number of aryl methyl sites for hydroxylation is 1. The Kier molecular flexibility index (Phi) is 6.86. The van der Waals surface area contributed by atoms with Gasteiger partial charge in [-0.3, -0.25) is 9.52 Å². The van der Waals surface area contributed by atoms with Gasteiger partial charge >= 0.3 is 0 Å². The van der Waals surface area contributed by atoms with Crippen molar-refractivity contribution in [2.24, 2.45) is 0 Å². The van der Waals surface area contributed by atoms with Crippen molar-refractivity contribution < 1.29 is 26.0 Å². The predicted octanol–water partition coefficient (Wildman–Crippen LogP) is 3.44. The number of rotatable bonds is 7. The lowest BCUT2D eigenvalue weighted by molar-refractivity contribution is 0.102. The van der Waals surface area contributed by atoms with Crippen LogP contribution in [0.1, 0.15) is 15.9 Å². The molecule has 0 aromatic heterocycles. The van der Waals surface area contributed by atoms with Crippen LogP contribution in [0.15, 0.2) is 76.5 Å². The summed E-state index contributed by atoms with van der Waals surface area (Å²) in [4.78, 5) is 12.8. The third-order valence-corrected chi connectivity index (χ3v) is 7.97. The molecule has 3 aromatic rings. The molecule has 0 spiro atoms. The Hall–Kier alpha value is -3.28. The number of sulfonamides is 2. The number of hydrogen-bond donors (Lipinski definition) is 2. The first-order valence-corrected chi connectivity index (χ1v) is 12.6. The maximum atomic E-state index is 13.1. The van der Waals surface area contributed by atoms with Crippen molar-refractivity contribution in [2.75, 3.05) is 24.1 Å². The van der Waals surface area contributed by atoms with Crippen molar-refractivity contribution in [1.29, 1.82) is 0 Å². The second-order valence-corrected chi connectivity index (χ2v) is 11.2. The number of halogens is 1. The Morgan fingerprint density at radius 2 is 1.45 bits per heavy atom. The highest BCUT2D eigenvalue weighted by atomic mass is 32.2. The molecule has 11 heteroatoms. The van der Waals surface area contributed by atoms with Crippen LogP contribution >= 0.6 is 0 Å². The highest BCUT2D eigenvalue weighted by Crippen LogP contribution is 2.25. The molecule has 33 heavy (non-hydrogen) atoms. The molecule has 2 N–H and O–H groups in total. The van der Waals surface area contributed by atoms with Gasteiger partial charge in [-0.05, 0) is 61.0 Å². The van der Waals surface area contributed by atoms with Crippen molar-refractivity contribution in [3.8, 4) is 0 Å². The van der Waals surface area contributed by atoms with E-state index < -0.39 is 31.8 Å². The van der Waals surface area contributed by atoms with Gasteiger partial charge < -0.3 is 5.32 Å². The fraction of sp³-hybridized carbons (Fsp3) is 0.136. The zero-order valence-corrected chi connectivity index (χ0v) is 19.7. The fourth-order valence-corrected chi connectivity index (χ4v) is 4.89. The van der Waals surface area contributed by atoms with Gasteiger partial charge in [0, 0.05) is 19.8 Å². The lowest BCUT2D eigenvalue weighted by Gasteiger charge is -2.16. The number of nitrogens with one attached hydrogen (secondary N) is 2. The van der Waals surface area contributed by atoms with Gasteiger partial charge in [-0.1, -0.05) is 18.2 Å². The third kappa shape index (κ3) is 5.38. The molecular weight excluding hydrogens is 469 g/mol. The van der Waals surface area contributed by atoms with Gasteiger partial charge in [-0.15, -0.1) is 0 Å². The first kappa shape index (κ1) is 24.4. The Balaban J connectivity index is 1.92. The number of carbonyl (C=O) groups is 1. The van der Waals surface area contributed by atoms with E-state index >= 15 is 0 Å². The van der Waals surface area contributed by atoms with Crippen LogP contribution in [0, 0.1) is 12.7 Å². The molecule has 0 fully saturated rings. The van der Waals surface area contributed by atoms with E-state index in [0.717, 1.165) is 28.6 Å². The first-order valence-electron chi connectivity index (χ1n) is 9.64. The molecule has 0 unspecified atom stereocenters. The van der Waals surface area contributed by atoms with Crippen LogP contribution in [0.5, 0.6) is 0 Å². The van der Waals surface area contributed by atoms with Crippen LogP contribution in [0.2, 0.25) is 0 Å². The third-order valence-electron chi connectivity index (χ3n) is 4.78. The molecule has 0 aliphatic rings. The van der Waals surface area contributed by atoms with Crippen LogP contribution in [-0.2, 0) is 20.0 Å². The average Bonchev–Trinajstić information content (AvgIpc) is 2.75. The van der Waals surface area contributed by atoms with Crippen molar-refractivity contribution in [3.05, 3.63) is 83.7 Å². The summed E-state index contributed by atoms with van der Waals surface area (Å²) in [5.74, 6) is -1.22. The van der Waals surface area contributed by atoms with E-state index in [9.17, 15) is 26.0 Å². The van der Waals surface area contributed by atoms with Crippen molar-refractivity contribution in [2.45, 2.75) is 16.7 Å².